The topological polar surface area (TPSA) is 98.2 Å². The molecule has 0 amide bonds. The van der Waals surface area contributed by atoms with E-state index in [9.17, 15) is 14.7 Å². The van der Waals surface area contributed by atoms with Gasteiger partial charge in [0, 0.05) is 32.5 Å². The van der Waals surface area contributed by atoms with Crippen LogP contribution in [0.2, 0.25) is 0 Å². The molecule has 1 N–H and O–H groups in total. The number of carbonyl (C=O) groups is 2. The molecule has 194 valence electrons. The van der Waals surface area contributed by atoms with E-state index in [2.05, 4.69) is 42.1 Å². The Balaban J connectivity index is 0.000000158. The number of aromatic carboxylic acids is 1. The molecular weight excluding hydrogens is 628 g/mol. The van der Waals surface area contributed by atoms with Crippen molar-refractivity contribution in [3.8, 4) is 22.5 Å². The zero-order chi connectivity index (χ0) is 27.5. The standard InChI is InChI=1S/C15H11BrN2O2.C14H9BrN2O2/c1-20-15(19)13-12-8-7-11(16)9-18(12)17-14(13)10-5-3-2-4-6-10;15-10-6-7-11-12(14(18)19)13(16-17(11)8-10)9-4-2-1-3-5-9/h2-9H,1H3;1-8H,(H,18,19). The van der Waals surface area contributed by atoms with Gasteiger partial charge in [-0.1, -0.05) is 60.7 Å². The van der Waals surface area contributed by atoms with Gasteiger partial charge < -0.3 is 9.84 Å². The molecule has 0 spiro atoms. The zero-order valence-electron chi connectivity index (χ0n) is 20.5. The van der Waals surface area contributed by atoms with Crippen LogP contribution in [-0.2, 0) is 4.74 Å². The minimum absolute atomic E-state index is 0.221. The molecular formula is C29H20Br2N4O4. The molecule has 0 aliphatic carbocycles. The van der Waals surface area contributed by atoms with Crippen LogP contribution in [-0.4, -0.2) is 43.4 Å². The predicted molar refractivity (Wildman–Crippen MR) is 155 cm³/mol. The van der Waals surface area contributed by atoms with Crippen LogP contribution in [0.3, 0.4) is 0 Å². The van der Waals surface area contributed by atoms with E-state index in [1.165, 1.54) is 7.11 Å². The number of carboxylic acids is 1. The molecule has 0 aliphatic rings. The van der Waals surface area contributed by atoms with Gasteiger partial charge in [-0.05, 0) is 56.1 Å². The molecule has 0 radical (unpaired) electrons. The van der Waals surface area contributed by atoms with Crippen molar-refractivity contribution < 1.29 is 19.4 Å². The van der Waals surface area contributed by atoms with E-state index >= 15 is 0 Å². The normalized spacial score (nSPS) is 10.7. The largest absolute Gasteiger partial charge is 0.478 e. The molecule has 10 heteroatoms. The molecule has 4 aromatic heterocycles. The Hall–Kier alpha value is -4.28. The highest BCUT2D eigenvalue weighted by Crippen LogP contribution is 2.28. The molecule has 0 atom stereocenters. The molecule has 0 saturated carbocycles. The number of rotatable bonds is 4. The van der Waals surface area contributed by atoms with Gasteiger partial charge in [-0.3, -0.25) is 0 Å². The minimum atomic E-state index is -0.976. The first-order valence-corrected chi connectivity index (χ1v) is 13.2. The van der Waals surface area contributed by atoms with Gasteiger partial charge in [0.15, 0.2) is 0 Å². The highest BCUT2D eigenvalue weighted by atomic mass is 79.9. The number of methoxy groups -OCH3 is 1. The summed E-state index contributed by atoms with van der Waals surface area (Å²) in [6.07, 6.45) is 3.56. The lowest BCUT2D eigenvalue weighted by atomic mass is 10.1. The van der Waals surface area contributed by atoms with Crippen molar-refractivity contribution in [2.24, 2.45) is 0 Å². The summed E-state index contributed by atoms with van der Waals surface area (Å²) in [7, 11) is 1.37. The Morgan fingerprint density at radius 1 is 0.692 bits per heavy atom. The highest BCUT2D eigenvalue weighted by molar-refractivity contribution is 9.10. The Kier molecular flexibility index (Phi) is 7.58. The lowest BCUT2D eigenvalue weighted by Gasteiger charge is -2.01. The van der Waals surface area contributed by atoms with Gasteiger partial charge in [0.1, 0.15) is 22.5 Å². The summed E-state index contributed by atoms with van der Waals surface area (Å²) in [5, 5.41) is 18.3. The molecule has 0 aliphatic heterocycles. The summed E-state index contributed by atoms with van der Waals surface area (Å²) in [5.74, 6) is -1.36. The number of carbonyl (C=O) groups excluding carboxylic acids is 1. The van der Waals surface area contributed by atoms with Crippen LogP contribution >= 0.6 is 31.9 Å². The summed E-state index contributed by atoms with van der Waals surface area (Å²) < 4.78 is 9.89. The molecule has 6 rings (SSSR count). The SMILES string of the molecule is COC(=O)c1c(-c2ccccc2)nn2cc(Br)ccc12.O=C(O)c1c(-c2ccccc2)nn2cc(Br)ccc12. The fourth-order valence-corrected chi connectivity index (χ4v) is 4.81. The van der Waals surface area contributed by atoms with Crippen LogP contribution in [0.1, 0.15) is 20.7 Å². The fraction of sp³-hybridized carbons (Fsp3) is 0.0345. The van der Waals surface area contributed by atoms with Crippen molar-refractivity contribution in [3.63, 3.8) is 0 Å². The van der Waals surface area contributed by atoms with Gasteiger partial charge in [0.25, 0.3) is 0 Å². The van der Waals surface area contributed by atoms with E-state index < -0.39 is 5.97 Å². The van der Waals surface area contributed by atoms with Crippen LogP contribution in [0, 0.1) is 0 Å². The third-order valence-corrected chi connectivity index (χ3v) is 6.82. The van der Waals surface area contributed by atoms with Gasteiger partial charge in [-0.25, -0.2) is 18.6 Å². The van der Waals surface area contributed by atoms with Crippen LogP contribution in [0.4, 0.5) is 0 Å². The monoisotopic (exact) mass is 646 g/mol. The average Bonchev–Trinajstić information content (AvgIpc) is 3.52. The molecule has 8 nitrogen and oxygen atoms in total. The maximum Gasteiger partial charge on any atom is 0.342 e. The second-order valence-electron chi connectivity index (χ2n) is 8.33. The van der Waals surface area contributed by atoms with Crippen molar-refractivity contribution >= 4 is 54.8 Å². The molecule has 0 fully saturated rings. The molecule has 4 heterocycles. The van der Waals surface area contributed by atoms with Crippen molar-refractivity contribution in [2.45, 2.75) is 0 Å². The summed E-state index contributed by atoms with van der Waals surface area (Å²) >= 11 is 6.75. The van der Waals surface area contributed by atoms with E-state index in [1.807, 2.05) is 79.0 Å². The summed E-state index contributed by atoms with van der Waals surface area (Å²) in [4.78, 5) is 23.6. The van der Waals surface area contributed by atoms with Gasteiger partial charge in [-0.15, -0.1) is 0 Å². The Labute approximate surface area is 239 Å². The first-order chi connectivity index (χ1) is 18.9. The van der Waals surface area contributed by atoms with Crippen molar-refractivity contribution in [3.05, 3.63) is 117 Å². The summed E-state index contributed by atoms with van der Waals surface area (Å²) in [6, 6.07) is 26.2. The van der Waals surface area contributed by atoms with Crippen LogP contribution in [0.5, 0.6) is 0 Å². The summed E-state index contributed by atoms with van der Waals surface area (Å²) in [5.41, 5.74) is 4.77. The number of fused-ring (bicyclic) bond motifs is 2. The lowest BCUT2D eigenvalue weighted by Crippen LogP contribution is -2.02. The van der Waals surface area contributed by atoms with Gasteiger partial charge in [0.05, 0.1) is 18.1 Å². The molecule has 0 unspecified atom stereocenters. The maximum atomic E-state index is 12.1. The Morgan fingerprint density at radius 3 is 1.56 bits per heavy atom. The number of hydrogen-bond donors (Lipinski definition) is 1. The lowest BCUT2D eigenvalue weighted by molar-refractivity contribution is 0.0602. The number of esters is 1. The number of halogens is 2. The van der Waals surface area contributed by atoms with Crippen LogP contribution in [0.15, 0.2) is 106 Å². The van der Waals surface area contributed by atoms with Crippen molar-refractivity contribution in [1.29, 1.82) is 0 Å². The number of aromatic nitrogens is 4. The maximum absolute atomic E-state index is 12.1. The van der Waals surface area contributed by atoms with E-state index in [-0.39, 0.29) is 11.5 Å². The molecule has 2 aromatic carbocycles. The third-order valence-electron chi connectivity index (χ3n) is 5.88. The van der Waals surface area contributed by atoms with Gasteiger partial charge >= 0.3 is 11.9 Å². The van der Waals surface area contributed by atoms with Gasteiger partial charge in [0.2, 0.25) is 0 Å². The van der Waals surface area contributed by atoms with Crippen LogP contribution in [0.25, 0.3) is 33.5 Å². The number of carboxylic acid groups (broad SMARTS) is 1. The molecule has 39 heavy (non-hydrogen) atoms. The molecule has 0 saturated heterocycles. The van der Waals surface area contributed by atoms with E-state index in [1.54, 1.807) is 27.4 Å². The average molecular weight is 648 g/mol. The zero-order valence-corrected chi connectivity index (χ0v) is 23.6. The number of pyridine rings is 2. The second kappa shape index (κ2) is 11.2. The number of benzene rings is 2. The first-order valence-electron chi connectivity index (χ1n) is 11.7. The fourth-order valence-electron chi connectivity index (χ4n) is 4.16. The van der Waals surface area contributed by atoms with E-state index in [0.29, 0.717) is 22.5 Å². The third kappa shape index (κ3) is 5.34. The first kappa shape index (κ1) is 26.3. The molecule has 0 bridgehead atoms. The van der Waals surface area contributed by atoms with E-state index in [4.69, 9.17) is 4.74 Å². The van der Waals surface area contributed by atoms with Crippen LogP contribution < -0.4 is 0 Å². The quantitative estimate of drug-likeness (QED) is 0.207. The predicted octanol–water partition coefficient (Wildman–Crippen LogP) is 7.01. The Bertz CT molecular complexity index is 1820. The molecule has 6 aromatic rings. The Morgan fingerprint density at radius 2 is 1.13 bits per heavy atom. The number of hydrogen-bond acceptors (Lipinski definition) is 5. The van der Waals surface area contributed by atoms with Crippen molar-refractivity contribution in [1.82, 2.24) is 19.2 Å². The highest BCUT2D eigenvalue weighted by Gasteiger charge is 2.22. The van der Waals surface area contributed by atoms with E-state index in [0.717, 1.165) is 25.6 Å². The van der Waals surface area contributed by atoms with Gasteiger partial charge in [-0.2, -0.15) is 10.2 Å². The minimum Gasteiger partial charge on any atom is -0.478 e. The number of nitrogens with zero attached hydrogens (tertiary/aromatic N) is 4. The summed E-state index contributed by atoms with van der Waals surface area (Å²) in [6.45, 7) is 0. The second-order valence-corrected chi connectivity index (χ2v) is 10.2. The smallest absolute Gasteiger partial charge is 0.342 e. The number of ether oxygens (including phenoxy) is 1. The van der Waals surface area contributed by atoms with Crippen molar-refractivity contribution in [2.75, 3.05) is 7.11 Å².